The zero-order valence-electron chi connectivity index (χ0n) is 29.4. The highest BCUT2D eigenvalue weighted by Crippen LogP contribution is 2.33. The van der Waals surface area contributed by atoms with Crippen molar-refractivity contribution in [3.05, 3.63) is 138 Å². The number of cyclic esters (lactones) is 1. The van der Waals surface area contributed by atoms with Crippen molar-refractivity contribution in [1.82, 2.24) is 9.80 Å². The van der Waals surface area contributed by atoms with Gasteiger partial charge in [-0.2, -0.15) is 0 Å². The van der Waals surface area contributed by atoms with E-state index >= 15 is 0 Å². The number of carbonyl (C=O) groups excluding carboxylic acids is 3. The Morgan fingerprint density at radius 2 is 1.52 bits per heavy atom. The van der Waals surface area contributed by atoms with Gasteiger partial charge in [0.2, 0.25) is 11.8 Å². The largest absolute Gasteiger partial charge is 0.480 e. The number of hydrogen-bond acceptors (Lipinski definition) is 7. The molecule has 0 bridgehead atoms. The minimum atomic E-state index is -1.35. The summed E-state index contributed by atoms with van der Waals surface area (Å²) in [7, 11) is 0. The second kappa shape index (κ2) is 16.6. The van der Waals surface area contributed by atoms with Gasteiger partial charge < -0.3 is 15.2 Å². The third-order valence-electron chi connectivity index (χ3n) is 9.90. The summed E-state index contributed by atoms with van der Waals surface area (Å²) >= 11 is 0. The number of para-hydroxylation sites is 1. The number of carboxylic acids is 1. The molecule has 0 saturated carbocycles. The predicted octanol–water partition coefficient (Wildman–Crippen LogP) is 6.96. The first-order valence-corrected chi connectivity index (χ1v) is 17.8. The van der Waals surface area contributed by atoms with Crippen LogP contribution in [0.15, 0.2) is 120 Å². The highest BCUT2D eigenvalue weighted by molar-refractivity contribution is 6.17. The van der Waals surface area contributed by atoms with E-state index in [1.165, 1.54) is 0 Å². The maximum atomic E-state index is 13.9. The van der Waals surface area contributed by atoms with Crippen molar-refractivity contribution in [3.8, 4) is 0 Å². The molecular formula is C42H44N4O6. The lowest BCUT2D eigenvalue weighted by Crippen LogP contribution is -2.40. The van der Waals surface area contributed by atoms with Gasteiger partial charge in [-0.3, -0.25) is 19.5 Å². The number of hydrogen-bond donors (Lipinski definition) is 2. The van der Waals surface area contributed by atoms with Crippen LogP contribution in [0.4, 0.5) is 10.5 Å². The van der Waals surface area contributed by atoms with Crippen LogP contribution in [0.25, 0.3) is 0 Å². The number of amides is 3. The zero-order valence-corrected chi connectivity index (χ0v) is 29.4. The van der Waals surface area contributed by atoms with Crippen molar-refractivity contribution < 1.29 is 29.0 Å². The van der Waals surface area contributed by atoms with Crippen molar-refractivity contribution in [2.45, 2.75) is 57.8 Å². The Balaban J connectivity index is 1.31. The molecule has 0 unspecified atom stereocenters. The monoisotopic (exact) mass is 700 g/mol. The number of nitrogens with one attached hydrogen (secondary N) is 1. The molecule has 2 heterocycles. The second-order valence-electron chi connectivity index (χ2n) is 13.7. The number of benzene rings is 4. The fraction of sp³-hybridized carbons (Fsp3) is 0.310. The first-order chi connectivity index (χ1) is 25.2. The van der Waals surface area contributed by atoms with E-state index in [9.17, 15) is 24.3 Å². The van der Waals surface area contributed by atoms with Gasteiger partial charge in [0.05, 0.1) is 17.4 Å². The molecule has 10 nitrogen and oxygen atoms in total. The van der Waals surface area contributed by atoms with E-state index in [4.69, 9.17) is 9.73 Å². The molecule has 0 aliphatic carbocycles. The van der Waals surface area contributed by atoms with Gasteiger partial charge in [-0.1, -0.05) is 123 Å². The molecule has 268 valence electrons. The highest BCUT2D eigenvalue weighted by atomic mass is 16.6. The molecule has 2 saturated heterocycles. The predicted molar refractivity (Wildman–Crippen MR) is 199 cm³/mol. The molecule has 0 aromatic heterocycles. The van der Waals surface area contributed by atoms with Gasteiger partial charge >= 0.3 is 12.1 Å². The lowest BCUT2D eigenvalue weighted by molar-refractivity contribution is -0.141. The molecule has 4 atom stereocenters. The summed E-state index contributed by atoms with van der Waals surface area (Å²) in [6, 6.07) is 33.4. The molecule has 10 heteroatoms. The summed E-state index contributed by atoms with van der Waals surface area (Å²) < 4.78 is 5.29. The number of imide groups is 1. The maximum absolute atomic E-state index is 13.9. The lowest BCUT2D eigenvalue weighted by atomic mass is 9.84. The molecule has 4 aromatic carbocycles. The summed E-state index contributed by atoms with van der Waals surface area (Å²) in [6.07, 6.45) is 0.633. The van der Waals surface area contributed by atoms with Crippen molar-refractivity contribution in [3.63, 3.8) is 0 Å². The van der Waals surface area contributed by atoms with E-state index in [-0.39, 0.29) is 30.9 Å². The first-order valence-electron chi connectivity index (χ1n) is 17.8. The Morgan fingerprint density at radius 3 is 2.19 bits per heavy atom. The molecule has 2 aliphatic rings. The second-order valence-corrected chi connectivity index (χ2v) is 13.7. The molecule has 0 radical (unpaired) electrons. The molecule has 3 amide bonds. The molecule has 4 aromatic rings. The van der Waals surface area contributed by atoms with E-state index in [1.807, 2.05) is 111 Å². The maximum Gasteiger partial charge on any atom is 0.417 e. The van der Waals surface area contributed by atoms with E-state index in [0.717, 1.165) is 35.4 Å². The number of rotatable bonds is 13. The Kier molecular flexibility index (Phi) is 11.6. The van der Waals surface area contributed by atoms with Gasteiger partial charge in [-0.25, -0.2) is 14.5 Å². The number of ether oxygens (including phenoxy) is 1. The lowest BCUT2D eigenvalue weighted by Gasteiger charge is -2.28. The number of likely N-dealkylation sites (tertiary alicyclic amines) is 1. The molecule has 0 spiro atoms. The van der Waals surface area contributed by atoms with E-state index in [2.05, 4.69) is 22.3 Å². The van der Waals surface area contributed by atoms with Crippen LogP contribution in [-0.4, -0.2) is 69.7 Å². The van der Waals surface area contributed by atoms with E-state index in [1.54, 1.807) is 6.07 Å². The van der Waals surface area contributed by atoms with Crippen LogP contribution in [0.2, 0.25) is 0 Å². The standard InChI is InChI=1S/C42H44N4O6/c1-28(2)33(25-37(47)46-36(27-52-42(46)51)30-17-8-4-9-18-30)39(41(49)50)44-38(31-19-10-5-11-20-31)32-21-12-13-22-34(32)43-40(48)35-23-14-24-45(35)26-29-15-6-3-7-16-29/h3-13,15-22,28,33,35-36,39H,14,23-27H2,1-2H3,(H,43,48)(H,49,50)/t33-,35-,36-,39+/m0/s1. The molecule has 52 heavy (non-hydrogen) atoms. The van der Waals surface area contributed by atoms with E-state index in [0.29, 0.717) is 29.1 Å². The van der Waals surface area contributed by atoms with E-state index < -0.39 is 36.0 Å². The fourth-order valence-corrected chi connectivity index (χ4v) is 7.14. The average molecular weight is 701 g/mol. The van der Waals surface area contributed by atoms with Crippen LogP contribution in [0.3, 0.4) is 0 Å². The molecule has 2 aliphatic heterocycles. The summed E-state index contributed by atoms with van der Waals surface area (Å²) in [6.45, 7) is 5.18. The van der Waals surface area contributed by atoms with Crippen LogP contribution in [-0.2, 0) is 25.7 Å². The minimum Gasteiger partial charge on any atom is -0.480 e. The number of nitrogens with zero attached hydrogens (tertiary/aromatic N) is 3. The Bertz CT molecular complexity index is 1900. The van der Waals surface area contributed by atoms with Crippen LogP contribution >= 0.6 is 0 Å². The normalized spacial score (nSPS) is 18.9. The molecule has 2 N–H and O–H groups in total. The van der Waals surface area contributed by atoms with Crippen molar-refractivity contribution in [2.75, 3.05) is 18.5 Å². The number of carboxylic acid groups (broad SMARTS) is 1. The Labute approximate surface area is 304 Å². The van der Waals surface area contributed by atoms with Crippen molar-refractivity contribution in [1.29, 1.82) is 0 Å². The molecular weight excluding hydrogens is 656 g/mol. The number of aliphatic imine (C=N–C) groups is 1. The SMILES string of the molecule is CC(C)[C@H](CC(=O)N1C(=O)OC[C@H]1c1ccccc1)[C@@H](N=C(c1ccccc1)c1ccccc1NC(=O)[C@@H]1CCCN1Cc1ccccc1)C(=O)O. The number of carbonyl (C=O) groups is 4. The highest BCUT2D eigenvalue weighted by Gasteiger charge is 2.42. The van der Waals surface area contributed by atoms with Crippen LogP contribution in [0, 0.1) is 11.8 Å². The van der Waals surface area contributed by atoms with Crippen molar-refractivity contribution in [2.24, 2.45) is 16.8 Å². The van der Waals surface area contributed by atoms with Gasteiger partial charge in [0.25, 0.3) is 0 Å². The zero-order chi connectivity index (χ0) is 36.6. The van der Waals surface area contributed by atoms with Gasteiger partial charge in [0, 0.05) is 30.0 Å². The topological polar surface area (TPSA) is 129 Å². The molecule has 2 fully saturated rings. The third kappa shape index (κ3) is 8.29. The first kappa shape index (κ1) is 36.2. The summed E-state index contributed by atoms with van der Waals surface area (Å²) in [4.78, 5) is 61.9. The van der Waals surface area contributed by atoms with Crippen LogP contribution in [0.5, 0.6) is 0 Å². The average Bonchev–Trinajstić information content (AvgIpc) is 3.79. The Hall–Kier alpha value is -5.61. The number of aliphatic carboxylic acids is 1. The van der Waals surface area contributed by atoms with Crippen LogP contribution < -0.4 is 5.32 Å². The summed E-state index contributed by atoms with van der Waals surface area (Å²) in [5.41, 5.74) is 3.98. The van der Waals surface area contributed by atoms with Crippen molar-refractivity contribution >= 4 is 35.3 Å². The molecule has 6 rings (SSSR count). The fourth-order valence-electron chi connectivity index (χ4n) is 7.14. The van der Waals surface area contributed by atoms with Crippen LogP contribution in [0.1, 0.15) is 61.4 Å². The minimum absolute atomic E-state index is 0.0208. The Morgan fingerprint density at radius 1 is 0.885 bits per heavy atom. The summed E-state index contributed by atoms with van der Waals surface area (Å²) in [5.74, 6) is -2.94. The summed E-state index contributed by atoms with van der Waals surface area (Å²) in [5, 5.41) is 13.9. The van der Waals surface area contributed by atoms with Gasteiger partial charge in [0.1, 0.15) is 12.6 Å². The third-order valence-corrected chi connectivity index (χ3v) is 9.90. The van der Waals surface area contributed by atoms with Gasteiger partial charge in [-0.05, 0) is 42.5 Å². The number of anilines is 1. The van der Waals surface area contributed by atoms with Gasteiger partial charge in [0.15, 0.2) is 6.04 Å². The van der Waals surface area contributed by atoms with Gasteiger partial charge in [-0.15, -0.1) is 0 Å². The smallest absolute Gasteiger partial charge is 0.417 e. The quantitative estimate of drug-likeness (QED) is 0.144.